The molecule has 158 valence electrons. The number of nitrogens with zero attached hydrogens (tertiary/aromatic N) is 2. The third kappa shape index (κ3) is 7.32. The molecule has 0 heterocycles. The Kier molecular flexibility index (Phi) is 9.58. The van der Waals surface area contributed by atoms with Crippen LogP contribution in [0.2, 0.25) is 0 Å². The molecule has 1 aliphatic rings. The zero-order chi connectivity index (χ0) is 20.2. The fourth-order valence-electron chi connectivity index (χ4n) is 3.76. The first-order chi connectivity index (χ1) is 13.6. The van der Waals surface area contributed by atoms with Gasteiger partial charge in [-0.1, -0.05) is 31.0 Å². The Bertz CT molecular complexity index is 598. The van der Waals surface area contributed by atoms with E-state index in [9.17, 15) is 0 Å². The van der Waals surface area contributed by atoms with Gasteiger partial charge in [0.05, 0.1) is 0 Å². The SMILES string of the molecule is CN=C(NCc1ccccc1OCCN(C)C)NCC1(CCOC)CCCC1. The van der Waals surface area contributed by atoms with Crippen LogP contribution in [0.3, 0.4) is 0 Å². The van der Waals surface area contributed by atoms with Gasteiger partial charge in [-0.25, -0.2) is 0 Å². The molecule has 0 atom stereocenters. The summed E-state index contributed by atoms with van der Waals surface area (Å²) in [7, 11) is 7.71. The van der Waals surface area contributed by atoms with E-state index in [1.54, 1.807) is 7.11 Å². The van der Waals surface area contributed by atoms with Gasteiger partial charge in [-0.05, 0) is 44.8 Å². The third-order valence-electron chi connectivity index (χ3n) is 5.57. The minimum Gasteiger partial charge on any atom is -0.492 e. The Morgan fingerprint density at radius 1 is 1.14 bits per heavy atom. The Balaban J connectivity index is 1.86. The van der Waals surface area contributed by atoms with E-state index < -0.39 is 0 Å². The maximum atomic E-state index is 5.96. The third-order valence-corrected chi connectivity index (χ3v) is 5.57. The van der Waals surface area contributed by atoms with E-state index in [1.165, 1.54) is 25.7 Å². The van der Waals surface area contributed by atoms with Gasteiger partial charge in [-0.3, -0.25) is 4.99 Å². The van der Waals surface area contributed by atoms with Gasteiger partial charge in [0, 0.05) is 46.0 Å². The Labute approximate surface area is 170 Å². The fraction of sp³-hybridized carbons (Fsp3) is 0.682. The van der Waals surface area contributed by atoms with Crippen LogP contribution < -0.4 is 15.4 Å². The molecule has 1 aromatic rings. The van der Waals surface area contributed by atoms with Gasteiger partial charge in [-0.2, -0.15) is 0 Å². The quantitative estimate of drug-likeness (QED) is 0.449. The molecular weight excluding hydrogens is 352 g/mol. The van der Waals surface area contributed by atoms with Gasteiger partial charge in [0.25, 0.3) is 0 Å². The molecule has 6 heteroatoms. The van der Waals surface area contributed by atoms with Crippen molar-refractivity contribution in [3.05, 3.63) is 29.8 Å². The fourth-order valence-corrected chi connectivity index (χ4v) is 3.76. The second kappa shape index (κ2) is 11.9. The van der Waals surface area contributed by atoms with Crippen molar-refractivity contribution in [3.8, 4) is 5.75 Å². The van der Waals surface area contributed by atoms with E-state index in [-0.39, 0.29) is 0 Å². The molecule has 1 aromatic carbocycles. The first-order valence-electron chi connectivity index (χ1n) is 10.4. The van der Waals surface area contributed by atoms with Crippen LogP contribution in [0.15, 0.2) is 29.3 Å². The van der Waals surface area contributed by atoms with E-state index in [4.69, 9.17) is 9.47 Å². The summed E-state index contributed by atoms with van der Waals surface area (Å²) in [5, 5.41) is 6.98. The monoisotopic (exact) mass is 390 g/mol. The summed E-state index contributed by atoms with van der Waals surface area (Å²) in [4.78, 5) is 6.53. The molecule has 1 fully saturated rings. The van der Waals surface area contributed by atoms with Crippen molar-refractivity contribution in [3.63, 3.8) is 0 Å². The molecule has 2 rings (SSSR count). The average molecular weight is 391 g/mol. The zero-order valence-electron chi connectivity index (χ0n) is 18.1. The maximum Gasteiger partial charge on any atom is 0.191 e. The first-order valence-corrected chi connectivity index (χ1v) is 10.4. The van der Waals surface area contributed by atoms with Crippen LogP contribution in [0.1, 0.15) is 37.7 Å². The van der Waals surface area contributed by atoms with Crippen LogP contribution >= 0.6 is 0 Å². The molecule has 0 amide bonds. The van der Waals surface area contributed by atoms with Gasteiger partial charge < -0.3 is 25.0 Å². The molecule has 6 nitrogen and oxygen atoms in total. The van der Waals surface area contributed by atoms with Crippen molar-refractivity contribution in [1.29, 1.82) is 0 Å². The predicted molar refractivity (Wildman–Crippen MR) is 116 cm³/mol. The lowest BCUT2D eigenvalue weighted by Crippen LogP contribution is -2.43. The lowest BCUT2D eigenvalue weighted by Gasteiger charge is -2.30. The molecule has 0 aromatic heterocycles. The second-order valence-electron chi connectivity index (χ2n) is 7.99. The number of rotatable bonds is 11. The number of methoxy groups -OCH3 is 1. The molecule has 0 spiro atoms. The minimum atomic E-state index is 0.334. The summed E-state index contributed by atoms with van der Waals surface area (Å²) < 4.78 is 11.3. The Morgan fingerprint density at radius 2 is 1.89 bits per heavy atom. The van der Waals surface area contributed by atoms with Crippen LogP contribution in [0, 0.1) is 5.41 Å². The largest absolute Gasteiger partial charge is 0.492 e. The van der Waals surface area contributed by atoms with E-state index in [0.717, 1.165) is 43.4 Å². The lowest BCUT2D eigenvalue weighted by atomic mass is 9.83. The van der Waals surface area contributed by atoms with Crippen molar-refractivity contribution in [2.24, 2.45) is 10.4 Å². The molecule has 1 aliphatic carbocycles. The zero-order valence-corrected chi connectivity index (χ0v) is 18.1. The van der Waals surface area contributed by atoms with Gasteiger partial charge in [0.1, 0.15) is 12.4 Å². The smallest absolute Gasteiger partial charge is 0.191 e. The standard InChI is InChI=1S/C22H38N4O2/c1-23-21(25-18-22(13-15-27-4)11-7-8-12-22)24-17-19-9-5-6-10-20(19)28-16-14-26(2)3/h5-6,9-10H,7-8,11-18H2,1-4H3,(H2,23,24,25). The predicted octanol–water partition coefficient (Wildman–Crippen LogP) is 2.89. The molecule has 0 bridgehead atoms. The number of likely N-dealkylation sites (N-methyl/N-ethyl adjacent to an activating group) is 1. The molecule has 28 heavy (non-hydrogen) atoms. The normalized spacial score (nSPS) is 16.4. The van der Waals surface area contributed by atoms with Gasteiger partial charge in [0.15, 0.2) is 5.96 Å². The van der Waals surface area contributed by atoms with Gasteiger partial charge in [-0.15, -0.1) is 0 Å². The number of para-hydroxylation sites is 1. The van der Waals surface area contributed by atoms with Crippen molar-refractivity contribution in [2.45, 2.75) is 38.6 Å². The highest BCUT2D eigenvalue weighted by Gasteiger charge is 2.33. The van der Waals surface area contributed by atoms with Crippen molar-refractivity contribution >= 4 is 5.96 Å². The summed E-state index contributed by atoms with van der Waals surface area (Å²) in [6.45, 7) is 4.03. The average Bonchev–Trinajstić information content (AvgIpc) is 3.16. The van der Waals surface area contributed by atoms with Crippen molar-refractivity contribution in [1.82, 2.24) is 15.5 Å². The topological polar surface area (TPSA) is 58.1 Å². The molecule has 0 radical (unpaired) electrons. The maximum absolute atomic E-state index is 5.96. The number of aliphatic imine (C=N–C) groups is 1. The van der Waals surface area contributed by atoms with Crippen LogP contribution in [-0.2, 0) is 11.3 Å². The van der Waals surface area contributed by atoms with Crippen LogP contribution in [0.25, 0.3) is 0 Å². The summed E-state index contributed by atoms with van der Waals surface area (Å²) in [6, 6.07) is 8.19. The highest BCUT2D eigenvalue weighted by molar-refractivity contribution is 5.79. The highest BCUT2D eigenvalue weighted by atomic mass is 16.5. The molecule has 1 saturated carbocycles. The molecule has 2 N–H and O–H groups in total. The lowest BCUT2D eigenvalue weighted by molar-refractivity contribution is 0.138. The van der Waals surface area contributed by atoms with E-state index in [1.807, 2.05) is 25.2 Å². The summed E-state index contributed by atoms with van der Waals surface area (Å²) in [6.07, 6.45) is 6.27. The van der Waals surface area contributed by atoms with E-state index >= 15 is 0 Å². The Morgan fingerprint density at radius 3 is 2.57 bits per heavy atom. The number of nitrogens with one attached hydrogen (secondary N) is 2. The highest BCUT2D eigenvalue weighted by Crippen LogP contribution is 2.40. The number of guanidine groups is 1. The molecule has 0 aliphatic heterocycles. The second-order valence-corrected chi connectivity index (χ2v) is 7.99. The summed E-state index contributed by atoms with van der Waals surface area (Å²) >= 11 is 0. The Hall–Kier alpha value is -1.79. The van der Waals surface area contributed by atoms with Gasteiger partial charge in [0.2, 0.25) is 0 Å². The number of ether oxygens (including phenoxy) is 2. The van der Waals surface area contributed by atoms with Gasteiger partial charge >= 0.3 is 0 Å². The first kappa shape index (κ1) is 22.5. The molecule has 0 saturated heterocycles. The summed E-state index contributed by atoms with van der Waals surface area (Å²) in [5.41, 5.74) is 1.47. The number of hydrogen-bond acceptors (Lipinski definition) is 4. The van der Waals surface area contributed by atoms with E-state index in [2.05, 4.69) is 40.7 Å². The molecular formula is C22H38N4O2. The van der Waals surface area contributed by atoms with E-state index in [0.29, 0.717) is 18.6 Å². The van der Waals surface area contributed by atoms with Crippen LogP contribution in [-0.4, -0.2) is 65.4 Å². The van der Waals surface area contributed by atoms with Crippen molar-refractivity contribution < 1.29 is 9.47 Å². The van der Waals surface area contributed by atoms with Crippen LogP contribution in [0.4, 0.5) is 0 Å². The number of benzene rings is 1. The minimum absolute atomic E-state index is 0.334. The van der Waals surface area contributed by atoms with Crippen LogP contribution in [0.5, 0.6) is 5.75 Å². The number of hydrogen-bond donors (Lipinski definition) is 2. The summed E-state index contributed by atoms with van der Waals surface area (Å²) in [5.74, 6) is 1.77. The molecule has 0 unspecified atom stereocenters. The van der Waals surface area contributed by atoms with Crippen molar-refractivity contribution in [2.75, 3.05) is 54.6 Å².